The lowest BCUT2D eigenvalue weighted by molar-refractivity contribution is -0.117. The molecule has 6 nitrogen and oxygen atoms in total. The maximum absolute atomic E-state index is 13.5. The van der Waals surface area contributed by atoms with Crippen LogP contribution in [0.2, 0.25) is 0 Å². The maximum atomic E-state index is 13.5. The van der Waals surface area contributed by atoms with Gasteiger partial charge in [0.2, 0.25) is 0 Å². The number of fused-ring (bicyclic) bond motifs is 1. The Morgan fingerprint density at radius 3 is 2.84 bits per heavy atom. The average molecular weight is 439 g/mol. The molecular weight excluding hydrogens is 407 g/mol. The predicted molar refractivity (Wildman–Crippen MR) is 124 cm³/mol. The first-order valence-electron chi connectivity index (χ1n) is 11.0. The fraction of sp³-hybridized carbons (Fsp3) is 0.400. The van der Waals surface area contributed by atoms with Gasteiger partial charge in [-0.05, 0) is 68.1 Å². The molecule has 2 aromatic heterocycles. The molecule has 2 heterocycles. The standard InChI is InChI=1S/C25H31FN4O2/c1-4-30(14-15-32-23-6-5-11-28-24(23)26)13-12-29-25(31)22-10-8-20-17-27-16-19(3)21(20)9-7-18(22)2/h5-6,8,10-11,16-17H,4,7,9,12-15H2,1-3H3,(H,29,31)/b10-8-,22-18-. The molecule has 1 amide bonds. The quantitative estimate of drug-likeness (QED) is 0.605. The second-order valence-electron chi connectivity index (χ2n) is 7.88. The zero-order valence-corrected chi connectivity index (χ0v) is 19.0. The lowest BCUT2D eigenvalue weighted by Crippen LogP contribution is -2.37. The highest BCUT2D eigenvalue weighted by Crippen LogP contribution is 2.24. The van der Waals surface area contributed by atoms with Crippen LogP contribution in [0, 0.1) is 12.9 Å². The van der Waals surface area contributed by atoms with Crippen molar-refractivity contribution in [1.82, 2.24) is 20.2 Å². The molecule has 1 aliphatic rings. The summed E-state index contributed by atoms with van der Waals surface area (Å²) in [5, 5.41) is 3.03. The Kier molecular flexibility index (Phi) is 8.50. The highest BCUT2D eigenvalue weighted by atomic mass is 19.1. The number of nitrogens with zero attached hydrogens (tertiary/aromatic N) is 3. The number of hydrogen-bond donors (Lipinski definition) is 1. The van der Waals surface area contributed by atoms with Gasteiger partial charge in [0.1, 0.15) is 6.61 Å². The summed E-state index contributed by atoms with van der Waals surface area (Å²) in [5.41, 5.74) is 5.35. The van der Waals surface area contributed by atoms with Gasteiger partial charge < -0.3 is 10.1 Å². The summed E-state index contributed by atoms with van der Waals surface area (Å²) in [4.78, 5) is 22.8. The summed E-state index contributed by atoms with van der Waals surface area (Å²) in [6.07, 6.45) is 10.8. The lowest BCUT2D eigenvalue weighted by atomic mass is 9.92. The van der Waals surface area contributed by atoms with Gasteiger partial charge in [-0.2, -0.15) is 4.39 Å². The SMILES string of the molecule is CCN(CCNC(=O)C1=C(/C)CCc2c(C)cncc2/C=C\1)CCOc1cccnc1F. The number of likely N-dealkylation sites (N-methyl/N-ethyl adjacent to an activating group) is 1. The van der Waals surface area contributed by atoms with Gasteiger partial charge >= 0.3 is 0 Å². The molecule has 0 aliphatic heterocycles. The minimum absolute atomic E-state index is 0.0625. The summed E-state index contributed by atoms with van der Waals surface area (Å²) in [7, 11) is 0. The number of nitrogens with one attached hydrogen (secondary N) is 1. The van der Waals surface area contributed by atoms with Gasteiger partial charge in [-0.1, -0.05) is 18.6 Å². The number of rotatable bonds is 9. The van der Waals surface area contributed by atoms with Gasteiger partial charge in [0.05, 0.1) is 0 Å². The highest BCUT2D eigenvalue weighted by Gasteiger charge is 2.15. The number of hydrogen-bond acceptors (Lipinski definition) is 5. The van der Waals surface area contributed by atoms with E-state index in [4.69, 9.17) is 4.74 Å². The molecule has 0 fully saturated rings. The molecule has 1 aliphatic carbocycles. The first kappa shape index (κ1) is 23.6. The van der Waals surface area contributed by atoms with E-state index in [0.29, 0.717) is 26.2 Å². The maximum Gasteiger partial charge on any atom is 0.255 e. The Bertz CT molecular complexity index is 1000. The van der Waals surface area contributed by atoms with Gasteiger partial charge in [0, 0.05) is 43.8 Å². The topological polar surface area (TPSA) is 67.4 Å². The summed E-state index contributed by atoms with van der Waals surface area (Å²) in [5.74, 6) is -0.512. The van der Waals surface area contributed by atoms with Gasteiger partial charge in [0.15, 0.2) is 5.75 Å². The zero-order valence-electron chi connectivity index (χ0n) is 19.0. The van der Waals surface area contributed by atoms with Crippen LogP contribution in [0.4, 0.5) is 4.39 Å². The molecule has 170 valence electrons. The minimum atomic E-state index is -0.604. The van der Waals surface area contributed by atoms with E-state index in [1.165, 1.54) is 17.3 Å². The lowest BCUT2D eigenvalue weighted by Gasteiger charge is -2.21. The van der Waals surface area contributed by atoms with E-state index in [0.717, 1.165) is 36.1 Å². The van der Waals surface area contributed by atoms with Crippen molar-refractivity contribution in [3.63, 3.8) is 0 Å². The van der Waals surface area contributed by atoms with Crippen LogP contribution in [-0.2, 0) is 11.2 Å². The molecular formula is C25H31FN4O2. The predicted octanol–water partition coefficient (Wildman–Crippen LogP) is 3.72. The number of aryl methyl sites for hydroxylation is 1. The number of allylic oxidation sites excluding steroid dienone is 1. The third-order valence-corrected chi connectivity index (χ3v) is 5.74. The fourth-order valence-electron chi connectivity index (χ4n) is 3.74. The van der Waals surface area contributed by atoms with E-state index < -0.39 is 5.95 Å². The second kappa shape index (κ2) is 11.5. The number of ether oxygens (including phenoxy) is 1. The number of halogens is 1. The van der Waals surface area contributed by atoms with Crippen LogP contribution < -0.4 is 10.1 Å². The molecule has 0 bridgehead atoms. The van der Waals surface area contributed by atoms with Crippen molar-refractivity contribution in [2.45, 2.75) is 33.6 Å². The van der Waals surface area contributed by atoms with Crippen molar-refractivity contribution in [2.24, 2.45) is 0 Å². The van der Waals surface area contributed by atoms with Crippen LogP contribution in [0.5, 0.6) is 5.75 Å². The monoisotopic (exact) mass is 438 g/mol. The number of amides is 1. The molecule has 0 saturated carbocycles. The molecule has 0 spiro atoms. The third-order valence-electron chi connectivity index (χ3n) is 5.74. The van der Waals surface area contributed by atoms with Crippen LogP contribution in [0.3, 0.4) is 0 Å². The number of pyridine rings is 2. The van der Waals surface area contributed by atoms with Crippen LogP contribution in [0.15, 0.2) is 47.9 Å². The highest BCUT2D eigenvalue weighted by molar-refractivity contribution is 5.98. The van der Waals surface area contributed by atoms with Crippen LogP contribution in [-0.4, -0.2) is 53.6 Å². The molecule has 0 atom stereocenters. The van der Waals surface area contributed by atoms with Crippen molar-refractivity contribution in [3.8, 4) is 5.75 Å². The number of carbonyl (C=O) groups is 1. The molecule has 0 radical (unpaired) electrons. The Labute approximate surface area is 189 Å². The van der Waals surface area contributed by atoms with E-state index in [9.17, 15) is 9.18 Å². The molecule has 7 heteroatoms. The molecule has 0 unspecified atom stereocenters. The van der Waals surface area contributed by atoms with E-state index in [-0.39, 0.29) is 11.7 Å². The second-order valence-corrected chi connectivity index (χ2v) is 7.88. The fourth-order valence-corrected chi connectivity index (χ4v) is 3.74. The van der Waals surface area contributed by atoms with Gasteiger partial charge in [0.25, 0.3) is 11.9 Å². The molecule has 0 saturated heterocycles. The number of aromatic nitrogens is 2. The summed E-state index contributed by atoms with van der Waals surface area (Å²) >= 11 is 0. The van der Waals surface area contributed by atoms with Gasteiger partial charge in [-0.25, -0.2) is 4.98 Å². The molecule has 0 aromatic carbocycles. The largest absolute Gasteiger partial charge is 0.487 e. The molecule has 3 rings (SSSR count). The smallest absolute Gasteiger partial charge is 0.255 e. The normalized spacial score (nSPS) is 16.8. The van der Waals surface area contributed by atoms with Crippen molar-refractivity contribution in [2.75, 3.05) is 32.8 Å². The van der Waals surface area contributed by atoms with Crippen LogP contribution in [0.25, 0.3) is 6.08 Å². The Balaban J connectivity index is 1.50. The molecule has 1 N–H and O–H groups in total. The first-order chi connectivity index (χ1) is 15.5. The Morgan fingerprint density at radius 1 is 1.22 bits per heavy atom. The van der Waals surface area contributed by atoms with Crippen molar-refractivity contribution >= 4 is 12.0 Å². The van der Waals surface area contributed by atoms with E-state index in [1.54, 1.807) is 12.1 Å². The Morgan fingerprint density at radius 2 is 2.06 bits per heavy atom. The molecule has 32 heavy (non-hydrogen) atoms. The van der Waals surface area contributed by atoms with Crippen molar-refractivity contribution in [1.29, 1.82) is 0 Å². The van der Waals surface area contributed by atoms with Crippen molar-refractivity contribution < 1.29 is 13.9 Å². The summed E-state index contributed by atoms with van der Waals surface area (Å²) in [6, 6.07) is 3.20. The Hall–Kier alpha value is -3.06. The van der Waals surface area contributed by atoms with Crippen molar-refractivity contribution in [3.05, 3.63) is 70.6 Å². The van der Waals surface area contributed by atoms with Crippen LogP contribution >= 0.6 is 0 Å². The van der Waals surface area contributed by atoms with E-state index in [2.05, 4.69) is 27.1 Å². The summed E-state index contributed by atoms with van der Waals surface area (Å²) < 4.78 is 19.0. The van der Waals surface area contributed by atoms with Gasteiger partial charge in [-0.15, -0.1) is 0 Å². The van der Waals surface area contributed by atoms with E-state index >= 15 is 0 Å². The first-order valence-corrected chi connectivity index (χ1v) is 11.0. The van der Waals surface area contributed by atoms with E-state index in [1.807, 2.05) is 38.4 Å². The zero-order chi connectivity index (χ0) is 22.9. The van der Waals surface area contributed by atoms with Gasteiger partial charge in [-0.3, -0.25) is 14.7 Å². The summed E-state index contributed by atoms with van der Waals surface area (Å²) in [6.45, 7) is 9.14. The van der Waals surface area contributed by atoms with Crippen LogP contribution in [0.1, 0.15) is 37.0 Å². The average Bonchev–Trinajstić information content (AvgIpc) is 2.77. The molecule has 2 aromatic rings. The number of carbonyl (C=O) groups excluding carboxylic acids is 1. The third kappa shape index (κ3) is 6.23. The minimum Gasteiger partial charge on any atom is -0.487 e.